The van der Waals surface area contributed by atoms with Crippen LogP contribution in [0.1, 0.15) is 129 Å². The number of ether oxygens (including phenoxy) is 1. The molecule has 0 bridgehead atoms. The molecule has 1 amide bonds. The average molecular weight is 412 g/mol. The van der Waals surface area contributed by atoms with Crippen LogP contribution in [0.5, 0.6) is 0 Å². The molecule has 0 aromatic rings. The number of amides is 1. The van der Waals surface area contributed by atoms with E-state index in [1.54, 1.807) is 7.05 Å². The van der Waals surface area contributed by atoms with E-state index < -0.39 is 0 Å². The molecule has 0 radical (unpaired) electrons. The van der Waals surface area contributed by atoms with Crippen molar-refractivity contribution in [2.45, 2.75) is 129 Å². The number of carbonyl (C=O) groups excluding carboxylic acids is 2. The largest absolute Gasteiger partial charge is 0.464 e. The lowest BCUT2D eigenvalue weighted by molar-refractivity contribution is -0.148. The van der Waals surface area contributed by atoms with Gasteiger partial charge in [-0.05, 0) is 12.8 Å². The standard InChI is InChI=1S/C25H49NO3/c1-4-6-8-9-10-11-12-13-14-15-16-17-18-20-22-29-25(28)23-26(3)24(27)21-19-7-5-2/h4-23H2,1-3H3. The predicted octanol–water partition coefficient (Wildman–Crippen LogP) is 7.05. The maximum Gasteiger partial charge on any atom is 0.325 e. The zero-order valence-electron chi connectivity index (χ0n) is 19.8. The Bertz CT molecular complexity index is 384. The molecule has 0 fully saturated rings. The smallest absolute Gasteiger partial charge is 0.325 e. The molecule has 0 rings (SSSR count). The van der Waals surface area contributed by atoms with Gasteiger partial charge in [0.2, 0.25) is 5.91 Å². The highest BCUT2D eigenvalue weighted by Crippen LogP contribution is 2.13. The van der Waals surface area contributed by atoms with Crippen LogP contribution < -0.4 is 0 Å². The van der Waals surface area contributed by atoms with Crippen LogP contribution in [0.2, 0.25) is 0 Å². The maximum absolute atomic E-state index is 11.9. The van der Waals surface area contributed by atoms with E-state index in [0.29, 0.717) is 13.0 Å². The van der Waals surface area contributed by atoms with Crippen molar-refractivity contribution in [1.82, 2.24) is 4.90 Å². The Morgan fingerprint density at radius 2 is 1.03 bits per heavy atom. The van der Waals surface area contributed by atoms with Gasteiger partial charge in [0.25, 0.3) is 0 Å². The highest BCUT2D eigenvalue weighted by atomic mass is 16.5. The van der Waals surface area contributed by atoms with Gasteiger partial charge in [0.1, 0.15) is 6.54 Å². The summed E-state index contributed by atoms with van der Waals surface area (Å²) in [6.07, 6.45) is 22.0. The highest BCUT2D eigenvalue weighted by molar-refractivity contribution is 5.81. The second-order valence-corrected chi connectivity index (χ2v) is 8.52. The maximum atomic E-state index is 11.9. The fraction of sp³-hybridized carbons (Fsp3) is 0.920. The van der Waals surface area contributed by atoms with Crippen molar-refractivity contribution in [3.05, 3.63) is 0 Å². The second kappa shape index (κ2) is 21.6. The van der Waals surface area contributed by atoms with Gasteiger partial charge in [-0.3, -0.25) is 9.59 Å². The van der Waals surface area contributed by atoms with Gasteiger partial charge in [-0.15, -0.1) is 0 Å². The monoisotopic (exact) mass is 411 g/mol. The Labute approximate surface area is 181 Å². The van der Waals surface area contributed by atoms with Crippen molar-refractivity contribution in [2.24, 2.45) is 0 Å². The minimum Gasteiger partial charge on any atom is -0.464 e. The molecule has 29 heavy (non-hydrogen) atoms. The molecule has 0 aliphatic rings. The Hall–Kier alpha value is -1.06. The van der Waals surface area contributed by atoms with Gasteiger partial charge in [0, 0.05) is 13.5 Å². The summed E-state index contributed by atoms with van der Waals surface area (Å²) in [5.74, 6) is -0.252. The summed E-state index contributed by atoms with van der Waals surface area (Å²) in [5.41, 5.74) is 0. The van der Waals surface area contributed by atoms with Crippen LogP contribution >= 0.6 is 0 Å². The number of hydrogen-bond donors (Lipinski definition) is 0. The molecule has 0 saturated heterocycles. The molecule has 0 aliphatic carbocycles. The number of rotatable bonds is 21. The quantitative estimate of drug-likeness (QED) is 0.150. The van der Waals surface area contributed by atoms with Crippen LogP contribution in [-0.2, 0) is 14.3 Å². The number of carbonyl (C=O) groups is 2. The van der Waals surface area contributed by atoms with Gasteiger partial charge in [-0.1, -0.05) is 110 Å². The van der Waals surface area contributed by atoms with Crippen molar-refractivity contribution in [3.63, 3.8) is 0 Å². The van der Waals surface area contributed by atoms with Crippen molar-refractivity contribution in [2.75, 3.05) is 20.2 Å². The molecule has 0 aromatic heterocycles. The fourth-order valence-corrected chi connectivity index (χ4v) is 3.53. The summed E-state index contributed by atoms with van der Waals surface area (Å²) in [6, 6.07) is 0. The van der Waals surface area contributed by atoms with E-state index in [2.05, 4.69) is 13.8 Å². The molecule has 172 valence electrons. The molecule has 0 saturated carbocycles. The summed E-state index contributed by atoms with van der Waals surface area (Å²) in [5, 5.41) is 0. The zero-order valence-corrected chi connectivity index (χ0v) is 19.8. The molecule has 0 unspecified atom stereocenters. The van der Waals surface area contributed by atoms with Gasteiger partial charge in [-0.25, -0.2) is 0 Å². The number of unbranched alkanes of at least 4 members (excludes halogenated alkanes) is 15. The van der Waals surface area contributed by atoms with E-state index in [0.717, 1.165) is 32.1 Å². The summed E-state index contributed by atoms with van der Waals surface area (Å²) in [6.45, 7) is 4.94. The molecular formula is C25H49NO3. The summed E-state index contributed by atoms with van der Waals surface area (Å²) in [7, 11) is 1.68. The van der Waals surface area contributed by atoms with E-state index in [-0.39, 0.29) is 18.4 Å². The third kappa shape index (κ3) is 20.0. The lowest BCUT2D eigenvalue weighted by Crippen LogP contribution is -2.33. The molecule has 0 atom stereocenters. The van der Waals surface area contributed by atoms with E-state index in [9.17, 15) is 9.59 Å². The van der Waals surface area contributed by atoms with E-state index in [1.165, 1.54) is 81.9 Å². The van der Waals surface area contributed by atoms with Crippen LogP contribution in [0.25, 0.3) is 0 Å². The Balaban J connectivity index is 3.35. The highest BCUT2D eigenvalue weighted by Gasteiger charge is 2.13. The first-order valence-electron chi connectivity index (χ1n) is 12.5. The van der Waals surface area contributed by atoms with Crippen molar-refractivity contribution in [3.8, 4) is 0 Å². The number of nitrogens with zero attached hydrogens (tertiary/aromatic N) is 1. The normalized spacial score (nSPS) is 10.9. The first-order chi connectivity index (χ1) is 14.1. The molecule has 0 aliphatic heterocycles. The first-order valence-corrected chi connectivity index (χ1v) is 12.5. The zero-order chi connectivity index (χ0) is 21.6. The molecule has 4 nitrogen and oxygen atoms in total. The summed E-state index contributed by atoms with van der Waals surface area (Å²) < 4.78 is 5.26. The predicted molar refractivity (Wildman–Crippen MR) is 123 cm³/mol. The third-order valence-corrected chi connectivity index (χ3v) is 5.55. The molecule has 4 heteroatoms. The molecular weight excluding hydrogens is 362 g/mol. The van der Waals surface area contributed by atoms with Crippen LogP contribution in [0.3, 0.4) is 0 Å². The average Bonchev–Trinajstić information content (AvgIpc) is 2.70. The summed E-state index contributed by atoms with van der Waals surface area (Å²) in [4.78, 5) is 25.2. The van der Waals surface area contributed by atoms with Gasteiger partial charge < -0.3 is 9.64 Å². The van der Waals surface area contributed by atoms with E-state index in [4.69, 9.17) is 4.74 Å². The Kier molecular flexibility index (Phi) is 20.9. The van der Waals surface area contributed by atoms with E-state index in [1.807, 2.05) is 0 Å². The van der Waals surface area contributed by atoms with Crippen LogP contribution in [0.15, 0.2) is 0 Å². The van der Waals surface area contributed by atoms with Crippen LogP contribution in [0, 0.1) is 0 Å². The fourth-order valence-electron chi connectivity index (χ4n) is 3.53. The van der Waals surface area contributed by atoms with Crippen molar-refractivity contribution in [1.29, 1.82) is 0 Å². The molecule has 0 spiro atoms. The van der Waals surface area contributed by atoms with Gasteiger partial charge >= 0.3 is 5.97 Å². The first kappa shape index (κ1) is 27.9. The van der Waals surface area contributed by atoms with Crippen molar-refractivity contribution >= 4 is 11.9 Å². The van der Waals surface area contributed by atoms with Crippen LogP contribution in [0.4, 0.5) is 0 Å². The SMILES string of the molecule is CCCCCCCCCCCCCCCCOC(=O)CN(C)C(=O)CCCCC. The molecule has 0 N–H and O–H groups in total. The molecule has 0 aromatic carbocycles. The number of hydrogen-bond acceptors (Lipinski definition) is 3. The Morgan fingerprint density at radius 1 is 0.621 bits per heavy atom. The minimum absolute atomic E-state index is 0.0342. The Morgan fingerprint density at radius 3 is 1.52 bits per heavy atom. The van der Waals surface area contributed by atoms with Crippen molar-refractivity contribution < 1.29 is 14.3 Å². The van der Waals surface area contributed by atoms with Gasteiger partial charge in [0.15, 0.2) is 0 Å². The topological polar surface area (TPSA) is 46.6 Å². The van der Waals surface area contributed by atoms with E-state index >= 15 is 0 Å². The second-order valence-electron chi connectivity index (χ2n) is 8.52. The molecule has 0 heterocycles. The summed E-state index contributed by atoms with van der Waals surface area (Å²) >= 11 is 0. The minimum atomic E-state index is -0.286. The third-order valence-electron chi connectivity index (χ3n) is 5.55. The lowest BCUT2D eigenvalue weighted by atomic mass is 10.0. The number of esters is 1. The van der Waals surface area contributed by atoms with Gasteiger partial charge in [0.05, 0.1) is 6.61 Å². The lowest BCUT2D eigenvalue weighted by Gasteiger charge is -2.16. The number of likely N-dealkylation sites (N-methyl/N-ethyl adjacent to an activating group) is 1. The van der Waals surface area contributed by atoms with Crippen LogP contribution in [-0.4, -0.2) is 37.0 Å². The van der Waals surface area contributed by atoms with Gasteiger partial charge in [-0.2, -0.15) is 0 Å².